The molecule has 0 unspecified atom stereocenters. The van der Waals surface area contributed by atoms with Gasteiger partial charge < -0.3 is 19.1 Å². The van der Waals surface area contributed by atoms with Crippen molar-refractivity contribution in [1.82, 2.24) is 24.9 Å². The maximum Gasteiger partial charge on any atom is 0.414 e. The average Bonchev–Trinajstić information content (AvgIpc) is 3.53. The lowest BCUT2D eigenvalue weighted by Crippen LogP contribution is -2.40. The van der Waals surface area contributed by atoms with E-state index in [1.807, 2.05) is 0 Å². The smallest absolute Gasteiger partial charge is 0.414 e. The molecule has 3 aromatic rings. The number of ether oxygens (including phenoxy) is 3. The van der Waals surface area contributed by atoms with Crippen molar-refractivity contribution >= 4 is 17.9 Å². The van der Waals surface area contributed by atoms with E-state index in [9.17, 15) is 14.0 Å². The summed E-state index contributed by atoms with van der Waals surface area (Å²) < 4.78 is 32.4. The van der Waals surface area contributed by atoms with Crippen LogP contribution in [0.4, 0.5) is 19.7 Å². The van der Waals surface area contributed by atoms with Gasteiger partial charge in [0, 0.05) is 36.6 Å². The van der Waals surface area contributed by atoms with E-state index in [1.165, 1.54) is 17.2 Å². The largest absolute Gasteiger partial charge is 0.443 e. The van der Waals surface area contributed by atoms with Gasteiger partial charge in [-0.2, -0.15) is 0 Å². The minimum atomic E-state index is -0.542. The zero-order chi connectivity index (χ0) is 24.2. The Kier molecular flexibility index (Phi) is 6.53. The summed E-state index contributed by atoms with van der Waals surface area (Å²) in [5.41, 5.74) is 1.85. The highest BCUT2D eigenvalue weighted by Gasteiger charge is 2.33. The van der Waals surface area contributed by atoms with Crippen molar-refractivity contribution in [2.45, 2.75) is 19.3 Å². The molecule has 2 fully saturated rings. The first-order valence-corrected chi connectivity index (χ1v) is 11.1. The van der Waals surface area contributed by atoms with Crippen LogP contribution < -0.4 is 4.90 Å². The second-order valence-electron chi connectivity index (χ2n) is 8.10. The molecular weight excluding hydrogens is 459 g/mol. The molecule has 11 nitrogen and oxygen atoms in total. The van der Waals surface area contributed by atoms with Crippen LogP contribution in [0.25, 0.3) is 11.1 Å². The molecule has 2 aliphatic heterocycles. The molecule has 5 rings (SSSR count). The average molecular weight is 482 g/mol. The molecule has 0 spiro atoms. The predicted octanol–water partition coefficient (Wildman–Crippen LogP) is 2.47. The lowest BCUT2D eigenvalue weighted by Gasteiger charge is -2.25. The van der Waals surface area contributed by atoms with Crippen LogP contribution in [0.3, 0.4) is 0 Å². The van der Waals surface area contributed by atoms with Gasteiger partial charge >= 0.3 is 12.2 Å². The molecule has 1 aromatic carbocycles. The summed E-state index contributed by atoms with van der Waals surface area (Å²) in [7, 11) is 0. The number of morpholine rings is 1. The van der Waals surface area contributed by atoms with Gasteiger partial charge in [0.05, 0.1) is 43.9 Å². The third-order valence-electron chi connectivity index (χ3n) is 5.75. The normalized spacial score (nSPS) is 18.0. The number of hydrogen-bond acceptors (Lipinski definition) is 8. The van der Waals surface area contributed by atoms with E-state index in [1.54, 1.807) is 46.2 Å². The van der Waals surface area contributed by atoms with Gasteiger partial charge in [-0.05, 0) is 24.3 Å². The molecule has 1 atom stereocenters. The molecule has 2 amide bonds. The number of nitrogens with zero attached hydrogens (tertiary/aromatic N) is 6. The summed E-state index contributed by atoms with van der Waals surface area (Å²) in [6.07, 6.45) is 3.38. The summed E-state index contributed by atoms with van der Waals surface area (Å²) in [6.45, 7) is 2.64. The topological polar surface area (TPSA) is 112 Å². The van der Waals surface area contributed by atoms with Crippen molar-refractivity contribution in [3.05, 3.63) is 60.4 Å². The SMILES string of the molecule is O=C(OCc1ccc(-c2ccc(N3C[C@H](Cn4ccnn4)OC3=O)cc2F)cn1)N1CCOCC1. The minimum absolute atomic E-state index is 0.0186. The summed E-state index contributed by atoms with van der Waals surface area (Å²) in [5.74, 6) is -0.497. The number of pyridine rings is 1. The van der Waals surface area contributed by atoms with Gasteiger partial charge in [0.15, 0.2) is 0 Å². The molecular formula is C23H23FN6O5. The van der Waals surface area contributed by atoms with E-state index in [0.717, 1.165) is 0 Å². The number of halogens is 1. The molecule has 0 saturated carbocycles. The van der Waals surface area contributed by atoms with Gasteiger partial charge in [-0.25, -0.2) is 18.7 Å². The zero-order valence-corrected chi connectivity index (χ0v) is 18.7. The van der Waals surface area contributed by atoms with E-state index in [4.69, 9.17) is 14.2 Å². The molecule has 2 aromatic heterocycles. The van der Waals surface area contributed by atoms with Crippen LogP contribution in [-0.2, 0) is 27.4 Å². The molecule has 0 N–H and O–H groups in total. The fourth-order valence-electron chi connectivity index (χ4n) is 3.91. The first kappa shape index (κ1) is 22.7. The van der Waals surface area contributed by atoms with E-state index in [0.29, 0.717) is 55.4 Å². The van der Waals surface area contributed by atoms with E-state index in [2.05, 4.69) is 15.3 Å². The van der Waals surface area contributed by atoms with Crippen LogP contribution in [0.5, 0.6) is 0 Å². The van der Waals surface area contributed by atoms with E-state index < -0.39 is 24.1 Å². The highest BCUT2D eigenvalue weighted by atomic mass is 19.1. The lowest BCUT2D eigenvalue weighted by molar-refractivity contribution is 0.0246. The monoisotopic (exact) mass is 482 g/mol. The zero-order valence-electron chi connectivity index (χ0n) is 18.7. The molecule has 4 heterocycles. The molecule has 2 aliphatic rings. The van der Waals surface area contributed by atoms with Gasteiger partial charge in [-0.3, -0.25) is 9.88 Å². The maximum atomic E-state index is 15.0. The Morgan fingerprint density at radius 3 is 2.77 bits per heavy atom. The third kappa shape index (κ3) is 5.22. The highest BCUT2D eigenvalue weighted by molar-refractivity contribution is 5.90. The second-order valence-corrected chi connectivity index (χ2v) is 8.10. The molecule has 12 heteroatoms. The Balaban J connectivity index is 1.20. The number of cyclic esters (lactones) is 1. The molecule has 182 valence electrons. The molecule has 2 saturated heterocycles. The highest BCUT2D eigenvalue weighted by Crippen LogP contribution is 2.29. The summed E-state index contributed by atoms with van der Waals surface area (Å²) >= 11 is 0. The number of benzene rings is 1. The number of anilines is 1. The van der Waals surface area contributed by atoms with Crippen LogP contribution in [0.15, 0.2) is 48.9 Å². The van der Waals surface area contributed by atoms with Gasteiger partial charge in [-0.1, -0.05) is 11.3 Å². The number of hydrogen-bond donors (Lipinski definition) is 0. The van der Waals surface area contributed by atoms with Crippen molar-refractivity contribution in [2.24, 2.45) is 0 Å². The summed E-state index contributed by atoms with van der Waals surface area (Å²) in [4.78, 5) is 31.7. The van der Waals surface area contributed by atoms with Gasteiger partial charge in [-0.15, -0.1) is 5.10 Å². The fraction of sp³-hybridized carbons (Fsp3) is 0.348. The Morgan fingerprint density at radius 1 is 1.20 bits per heavy atom. The molecule has 0 radical (unpaired) electrons. The van der Waals surface area contributed by atoms with Crippen LogP contribution in [0.2, 0.25) is 0 Å². The molecule has 0 aliphatic carbocycles. The first-order valence-electron chi connectivity index (χ1n) is 11.1. The lowest BCUT2D eigenvalue weighted by atomic mass is 10.1. The first-order chi connectivity index (χ1) is 17.1. The number of carbonyl (C=O) groups excluding carboxylic acids is 2. The van der Waals surface area contributed by atoms with Gasteiger partial charge in [0.2, 0.25) is 0 Å². The number of rotatable bonds is 6. The molecule has 35 heavy (non-hydrogen) atoms. The summed E-state index contributed by atoms with van der Waals surface area (Å²) in [6, 6.07) is 7.95. The predicted molar refractivity (Wildman–Crippen MR) is 120 cm³/mol. The second kappa shape index (κ2) is 10.1. The van der Waals surface area contributed by atoms with Crippen molar-refractivity contribution in [1.29, 1.82) is 0 Å². The van der Waals surface area contributed by atoms with E-state index in [-0.39, 0.29) is 13.2 Å². The van der Waals surface area contributed by atoms with E-state index >= 15 is 0 Å². The number of aromatic nitrogens is 4. The third-order valence-corrected chi connectivity index (χ3v) is 5.75. The Morgan fingerprint density at radius 2 is 2.06 bits per heavy atom. The molecule has 0 bridgehead atoms. The standard InChI is InChI=1S/C23H23FN6O5/c24-21-11-18(30-14-19(35-23(30)32)13-29-6-5-26-27-29)3-4-20(21)16-1-2-17(25-12-16)15-34-22(31)28-7-9-33-10-8-28/h1-6,11-12,19H,7-10,13-15H2/t19-/m0/s1. The Hall–Kier alpha value is -4.06. The van der Waals surface area contributed by atoms with Crippen molar-refractivity contribution in [3.8, 4) is 11.1 Å². The maximum absolute atomic E-state index is 15.0. The quantitative estimate of drug-likeness (QED) is 0.527. The number of carbonyl (C=O) groups is 2. The van der Waals surface area contributed by atoms with Crippen LogP contribution in [0, 0.1) is 5.82 Å². The van der Waals surface area contributed by atoms with Crippen molar-refractivity contribution < 1.29 is 28.2 Å². The Bertz CT molecular complexity index is 1180. The Labute approximate surface area is 200 Å². The summed E-state index contributed by atoms with van der Waals surface area (Å²) in [5, 5.41) is 7.60. The van der Waals surface area contributed by atoms with Crippen LogP contribution in [0.1, 0.15) is 5.69 Å². The van der Waals surface area contributed by atoms with Gasteiger partial charge in [0.25, 0.3) is 0 Å². The van der Waals surface area contributed by atoms with Gasteiger partial charge in [0.1, 0.15) is 18.5 Å². The van der Waals surface area contributed by atoms with Crippen molar-refractivity contribution in [2.75, 3.05) is 37.7 Å². The number of amides is 2. The minimum Gasteiger partial charge on any atom is -0.443 e. The van der Waals surface area contributed by atoms with Crippen molar-refractivity contribution in [3.63, 3.8) is 0 Å². The van der Waals surface area contributed by atoms with Crippen LogP contribution in [-0.4, -0.2) is 76.0 Å². The fourth-order valence-corrected chi connectivity index (χ4v) is 3.91. The van der Waals surface area contributed by atoms with Crippen LogP contribution >= 0.6 is 0 Å².